The van der Waals surface area contributed by atoms with Gasteiger partial charge in [-0.15, -0.1) is 0 Å². The lowest BCUT2D eigenvalue weighted by Gasteiger charge is -2.18. The second-order valence-electron chi connectivity index (χ2n) is 3.62. The zero-order valence-corrected chi connectivity index (χ0v) is 8.93. The van der Waals surface area contributed by atoms with Gasteiger partial charge in [0.2, 0.25) is 0 Å². The van der Waals surface area contributed by atoms with E-state index in [-0.39, 0.29) is 0 Å². The van der Waals surface area contributed by atoms with Gasteiger partial charge in [0.1, 0.15) is 25.0 Å². The third-order valence-electron chi connectivity index (χ3n) is 2.58. The van der Waals surface area contributed by atoms with Crippen LogP contribution in [0.2, 0.25) is 0 Å². The van der Waals surface area contributed by atoms with E-state index in [2.05, 4.69) is 16.3 Å². The van der Waals surface area contributed by atoms with Crippen LogP contribution in [0.1, 0.15) is 5.56 Å². The van der Waals surface area contributed by atoms with Crippen molar-refractivity contribution in [1.82, 2.24) is 10.2 Å². The first-order valence-electron chi connectivity index (χ1n) is 5.22. The van der Waals surface area contributed by atoms with Crippen molar-refractivity contribution in [3.05, 3.63) is 30.0 Å². The van der Waals surface area contributed by atoms with E-state index in [9.17, 15) is 0 Å². The minimum atomic E-state index is 0.515. The number of nitriles is 1. The summed E-state index contributed by atoms with van der Waals surface area (Å²) in [5.74, 6) is 1.43. The largest absolute Gasteiger partial charge is 0.486 e. The van der Waals surface area contributed by atoms with Gasteiger partial charge in [-0.1, -0.05) is 0 Å². The van der Waals surface area contributed by atoms with Crippen molar-refractivity contribution in [2.24, 2.45) is 0 Å². The fourth-order valence-corrected chi connectivity index (χ4v) is 1.79. The van der Waals surface area contributed by atoms with E-state index in [1.54, 1.807) is 6.20 Å². The number of hydrogen-bond acceptors (Lipinski definition) is 4. The van der Waals surface area contributed by atoms with Crippen molar-refractivity contribution in [2.45, 2.75) is 0 Å². The number of nitrogens with one attached hydrogen (secondary N) is 1. The molecule has 0 unspecified atom stereocenters. The molecule has 0 radical (unpaired) electrons. The molecule has 17 heavy (non-hydrogen) atoms. The molecule has 0 saturated heterocycles. The van der Waals surface area contributed by atoms with Crippen LogP contribution >= 0.6 is 0 Å². The highest BCUT2D eigenvalue weighted by molar-refractivity contribution is 5.69. The highest BCUT2D eigenvalue weighted by Gasteiger charge is 2.15. The number of fused-ring (bicyclic) bond motifs is 1. The Morgan fingerprint density at radius 3 is 2.88 bits per heavy atom. The van der Waals surface area contributed by atoms with E-state index < -0.39 is 0 Å². The zero-order valence-electron chi connectivity index (χ0n) is 8.93. The van der Waals surface area contributed by atoms with Gasteiger partial charge >= 0.3 is 0 Å². The standard InChI is InChI=1S/C12H9N3O2/c13-6-9-7-14-15-12(9)8-1-2-10-11(5-8)17-4-3-16-10/h1-2,5,7H,3-4H2,(H,14,15). The molecule has 1 aromatic heterocycles. The summed E-state index contributed by atoms with van der Waals surface area (Å²) in [4.78, 5) is 0. The molecule has 0 aliphatic carbocycles. The van der Waals surface area contributed by atoms with Crippen LogP contribution in [0.25, 0.3) is 11.3 Å². The molecule has 2 heterocycles. The first-order valence-corrected chi connectivity index (χ1v) is 5.22. The minimum absolute atomic E-state index is 0.515. The molecule has 1 N–H and O–H groups in total. The molecule has 1 aliphatic rings. The van der Waals surface area contributed by atoms with Gasteiger partial charge in [0.25, 0.3) is 0 Å². The van der Waals surface area contributed by atoms with Gasteiger partial charge in [0, 0.05) is 11.8 Å². The molecular weight excluding hydrogens is 218 g/mol. The number of aromatic amines is 1. The number of nitrogens with zero attached hydrogens (tertiary/aromatic N) is 2. The molecule has 5 nitrogen and oxygen atoms in total. The van der Waals surface area contributed by atoms with Crippen LogP contribution in [0.4, 0.5) is 0 Å². The first kappa shape index (κ1) is 9.73. The monoisotopic (exact) mass is 227 g/mol. The summed E-state index contributed by atoms with van der Waals surface area (Å²) in [5.41, 5.74) is 1.98. The topological polar surface area (TPSA) is 70.9 Å². The molecule has 5 heteroatoms. The quantitative estimate of drug-likeness (QED) is 0.805. The van der Waals surface area contributed by atoms with Crippen molar-refractivity contribution >= 4 is 0 Å². The van der Waals surface area contributed by atoms with E-state index in [1.807, 2.05) is 18.2 Å². The van der Waals surface area contributed by atoms with E-state index in [4.69, 9.17) is 14.7 Å². The van der Waals surface area contributed by atoms with Gasteiger partial charge in [0.05, 0.1) is 5.56 Å². The Hall–Kier alpha value is -2.48. The Morgan fingerprint density at radius 1 is 1.24 bits per heavy atom. The number of aromatic nitrogens is 2. The highest BCUT2D eigenvalue weighted by atomic mass is 16.6. The lowest BCUT2D eigenvalue weighted by molar-refractivity contribution is 0.171. The maximum atomic E-state index is 8.94. The predicted molar refractivity (Wildman–Crippen MR) is 59.7 cm³/mol. The Bertz CT molecular complexity index is 598. The van der Waals surface area contributed by atoms with Crippen molar-refractivity contribution in [2.75, 3.05) is 13.2 Å². The summed E-state index contributed by atoms with van der Waals surface area (Å²) in [6.45, 7) is 1.11. The molecule has 1 aliphatic heterocycles. The second kappa shape index (κ2) is 3.83. The molecule has 3 rings (SSSR count). The second-order valence-corrected chi connectivity index (χ2v) is 3.62. The Balaban J connectivity index is 2.08. The molecule has 2 aromatic rings. The van der Waals surface area contributed by atoms with Crippen LogP contribution in [-0.2, 0) is 0 Å². The first-order chi connectivity index (χ1) is 8.38. The lowest BCUT2D eigenvalue weighted by atomic mass is 10.1. The fraction of sp³-hybridized carbons (Fsp3) is 0.167. The van der Waals surface area contributed by atoms with Crippen molar-refractivity contribution in [3.8, 4) is 28.8 Å². The molecule has 84 valence electrons. The van der Waals surface area contributed by atoms with E-state index in [0.29, 0.717) is 30.2 Å². The van der Waals surface area contributed by atoms with Gasteiger partial charge in [0.15, 0.2) is 11.5 Å². The number of ether oxygens (including phenoxy) is 2. The highest BCUT2D eigenvalue weighted by Crippen LogP contribution is 2.34. The van der Waals surface area contributed by atoms with Gasteiger partial charge in [-0.05, 0) is 18.2 Å². The Kier molecular flexibility index (Phi) is 2.19. The molecule has 1 aromatic carbocycles. The van der Waals surface area contributed by atoms with E-state index >= 15 is 0 Å². The van der Waals surface area contributed by atoms with Gasteiger partial charge in [-0.25, -0.2) is 0 Å². The smallest absolute Gasteiger partial charge is 0.162 e. The van der Waals surface area contributed by atoms with E-state index in [1.165, 1.54) is 0 Å². The summed E-state index contributed by atoms with van der Waals surface area (Å²) < 4.78 is 10.9. The minimum Gasteiger partial charge on any atom is -0.486 e. The fourth-order valence-electron chi connectivity index (χ4n) is 1.79. The van der Waals surface area contributed by atoms with Crippen LogP contribution in [0.15, 0.2) is 24.4 Å². The Labute approximate surface area is 97.6 Å². The third-order valence-corrected chi connectivity index (χ3v) is 2.58. The summed E-state index contributed by atoms with van der Waals surface area (Å²) in [6.07, 6.45) is 1.58. The molecule has 0 spiro atoms. The van der Waals surface area contributed by atoms with Gasteiger partial charge < -0.3 is 9.47 Å². The summed E-state index contributed by atoms with van der Waals surface area (Å²) in [5, 5.41) is 15.7. The number of H-pyrrole nitrogens is 1. The van der Waals surface area contributed by atoms with Crippen molar-refractivity contribution < 1.29 is 9.47 Å². The molecule has 0 atom stereocenters. The summed E-state index contributed by atoms with van der Waals surface area (Å²) >= 11 is 0. The van der Waals surface area contributed by atoms with Gasteiger partial charge in [-0.3, -0.25) is 5.10 Å². The Morgan fingerprint density at radius 2 is 2.06 bits per heavy atom. The van der Waals surface area contributed by atoms with Crippen molar-refractivity contribution in [1.29, 1.82) is 5.26 Å². The van der Waals surface area contributed by atoms with Gasteiger partial charge in [-0.2, -0.15) is 10.4 Å². The molecule has 0 saturated carbocycles. The van der Waals surface area contributed by atoms with Crippen LogP contribution in [-0.4, -0.2) is 23.4 Å². The maximum absolute atomic E-state index is 8.94. The van der Waals surface area contributed by atoms with Crippen LogP contribution in [0.3, 0.4) is 0 Å². The number of benzene rings is 1. The van der Waals surface area contributed by atoms with Crippen LogP contribution < -0.4 is 9.47 Å². The van der Waals surface area contributed by atoms with Crippen LogP contribution in [0, 0.1) is 11.3 Å². The molecule has 0 amide bonds. The average Bonchev–Trinajstić information content (AvgIpc) is 2.86. The number of rotatable bonds is 1. The SMILES string of the molecule is N#Cc1c[nH]nc1-c1ccc2c(c1)OCCO2. The molecule has 0 fully saturated rings. The average molecular weight is 227 g/mol. The lowest BCUT2D eigenvalue weighted by Crippen LogP contribution is -2.15. The van der Waals surface area contributed by atoms with Crippen molar-refractivity contribution in [3.63, 3.8) is 0 Å². The predicted octanol–water partition coefficient (Wildman–Crippen LogP) is 1.72. The maximum Gasteiger partial charge on any atom is 0.162 e. The van der Waals surface area contributed by atoms with E-state index in [0.717, 1.165) is 11.3 Å². The normalized spacial score (nSPS) is 13.1. The van der Waals surface area contributed by atoms with Crippen LogP contribution in [0.5, 0.6) is 11.5 Å². The molecule has 0 bridgehead atoms. The summed E-state index contributed by atoms with van der Waals surface area (Å²) in [6, 6.07) is 7.63. The third kappa shape index (κ3) is 1.60. The summed E-state index contributed by atoms with van der Waals surface area (Å²) in [7, 11) is 0. The zero-order chi connectivity index (χ0) is 11.7. The molecular formula is C12H9N3O2. The number of hydrogen-bond donors (Lipinski definition) is 1.